The van der Waals surface area contributed by atoms with Crippen molar-refractivity contribution in [2.75, 3.05) is 0 Å². The van der Waals surface area contributed by atoms with E-state index < -0.39 is 0 Å². The number of rotatable bonds is 13. The van der Waals surface area contributed by atoms with Crippen LogP contribution in [-0.2, 0) is 0 Å². The summed E-state index contributed by atoms with van der Waals surface area (Å²) in [6, 6.07) is 1.54. The highest BCUT2D eigenvalue weighted by molar-refractivity contribution is 4.83. The van der Waals surface area contributed by atoms with Gasteiger partial charge in [0.05, 0.1) is 0 Å². The van der Waals surface area contributed by atoms with E-state index in [9.17, 15) is 0 Å². The Morgan fingerprint density at radius 1 is 0.818 bits per heavy atom. The van der Waals surface area contributed by atoms with Gasteiger partial charge in [-0.2, -0.15) is 0 Å². The molecule has 1 aliphatic rings. The Bertz CT molecular complexity index is 259. The van der Waals surface area contributed by atoms with Gasteiger partial charge < -0.3 is 5.32 Å². The van der Waals surface area contributed by atoms with E-state index in [0.29, 0.717) is 0 Å². The Hall–Kier alpha value is -0.300. The highest BCUT2D eigenvalue weighted by Gasteiger charge is 2.16. The zero-order valence-electron chi connectivity index (χ0n) is 15.4. The quantitative estimate of drug-likeness (QED) is 0.292. The topological polar surface area (TPSA) is 12.0 Å². The van der Waals surface area contributed by atoms with E-state index in [4.69, 9.17) is 0 Å². The third-order valence-electron chi connectivity index (χ3n) is 5.02. The SMILES string of the molecule is CCCCCCCCCCC=CCCC[C@@H]1CCC[C@H](C)N1. The summed E-state index contributed by atoms with van der Waals surface area (Å²) in [5.74, 6) is 0. The molecule has 0 aromatic rings. The molecule has 1 fully saturated rings. The van der Waals surface area contributed by atoms with Crippen molar-refractivity contribution in [2.24, 2.45) is 0 Å². The molecule has 1 heterocycles. The van der Waals surface area contributed by atoms with E-state index in [1.54, 1.807) is 0 Å². The molecule has 0 aliphatic carbocycles. The Morgan fingerprint density at radius 2 is 1.45 bits per heavy atom. The molecule has 130 valence electrons. The van der Waals surface area contributed by atoms with Crippen molar-refractivity contribution in [3.63, 3.8) is 0 Å². The molecule has 2 atom stereocenters. The smallest absolute Gasteiger partial charge is 0.00696 e. The summed E-state index contributed by atoms with van der Waals surface area (Å²) in [6.45, 7) is 4.62. The van der Waals surface area contributed by atoms with Crippen LogP contribution in [0.2, 0.25) is 0 Å². The van der Waals surface area contributed by atoms with Crippen molar-refractivity contribution >= 4 is 0 Å². The second kappa shape index (κ2) is 14.3. The zero-order chi connectivity index (χ0) is 15.9. The third-order valence-corrected chi connectivity index (χ3v) is 5.02. The van der Waals surface area contributed by atoms with Crippen molar-refractivity contribution < 1.29 is 0 Å². The lowest BCUT2D eigenvalue weighted by Gasteiger charge is -2.28. The van der Waals surface area contributed by atoms with Crippen molar-refractivity contribution in [2.45, 2.75) is 122 Å². The van der Waals surface area contributed by atoms with Crippen LogP contribution in [0.1, 0.15) is 110 Å². The molecule has 0 amide bonds. The molecule has 1 heteroatoms. The molecule has 0 spiro atoms. The summed E-state index contributed by atoms with van der Waals surface area (Å²) >= 11 is 0. The Labute approximate surface area is 140 Å². The third kappa shape index (κ3) is 11.3. The van der Waals surface area contributed by atoms with Crippen LogP contribution in [0, 0.1) is 0 Å². The highest BCUT2D eigenvalue weighted by atomic mass is 15.0. The minimum absolute atomic E-state index is 0.747. The lowest BCUT2D eigenvalue weighted by Crippen LogP contribution is -2.40. The van der Waals surface area contributed by atoms with Gasteiger partial charge in [-0.15, -0.1) is 0 Å². The van der Waals surface area contributed by atoms with Crippen LogP contribution in [0.25, 0.3) is 0 Å². The first kappa shape index (κ1) is 19.7. The fourth-order valence-electron chi connectivity index (χ4n) is 3.58. The van der Waals surface area contributed by atoms with Gasteiger partial charge in [0.25, 0.3) is 0 Å². The number of hydrogen-bond donors (Lipinski definition) is 1. The van der Waals surface area contributed by atoms with Crippen LogP contribution in [0.15, 0.2) is 12.2 Å². The molecule has 1 rings (SSSR count). The first-order valence-electron chi connectivity index (χ1n) is 10.2. The van der Waals surface area contributed by atoms with Crippen molar-refractivity contribution in [1.82, 2.24) is 5.32 Å². The summed E-state index contributed by atoms with van der Waals surface area (Å²) < 4.78 is 0. The molecule has 0 bridgehead atoms. The number of hydrogen-bond acceptors (Lipinski definition) is 1. The number of allylic oxidation sites excluding steroid dienone is 2. The summed E-state index contributed by atoms with van der Waals surface area (Å²) in [6.07, 6.45) is 25.8. The fourth-order valence-corrected chi connectivity index (χ4v) is 3.58. The number of piperidine rings is 1. The molecule has 1 nitrogen and oxygen atoms in total. The van der Waals surface area contributed by atoms with Gasteiger partial charge in [-0.05, 0) is 51.9 Å². The molecule has 1 saturated heterocycles. The van der Waals surface area contributed by atoms with Crippen molar-refractivity contribution in [3.05, 3.63) is 12.2 Å². The Morgan fingerprint density at radius 3 is 2.14 bits per heavy atom. The van der Waals surface area contributed by atoms with Gasteiger partial charge in [-0.1, -0.05) is 70.4 Å². The average molecular weight is 308 g/mol. The van der Waals surface area contributed by atoms with Gasteiger partial charge in [0, 0.05) is 12.1 Å². The largest absolute Gasteiger partial charge is 0.312 e. The van der Waals surface area contributed by atoms with Gasteiger partial charge in [-0.25, -0.2) is 0 Å². The maximum Gasteiger partial charge on any atom is 0.00696 e. The van der Waals surface area contributed by atoms with E-state index >= 15 is 0 Å². The van der Waals surface area contributed by atoms with E-state index in [0.717, 1.165) is 12.1 Å². The second-order valence-corrected chi connectivity index (χ2v) is 7.36. The molecule has 0 aromatic carbocycles. The van der Waals surface area contributed by atoms with Crippen LogP contribution < -0.4 is 5.32 Å². The minimum atomic E-state index is 0.747. The zero-order valence-corrected chi connectivity index (χ0v) is 15.4. The van der Waals surface area contributed by atoms with Gasteiger partial charge in [-0.3, -0.25) is 0 Å². The molecule has 0 aromatic heterocycles. The summed E-state index contributed by atoms with van der Waals surface area (Å²) in [7, 11) is 0. The van der Waals surface area contributed by atoms with Gasteiger partial charge >= 0.3 is 0 Å². The molecule has 0 unspecified atom stereocenters. The molecule has 0 radical (unpaired) electrons. The predicted molar refractivity (Wildman–Crippen MR) is 100 cm³/mol. The standard InChI is InChI=1S/C21H41N/c1-3-4-5-6-7-8-9-10-11-12-13-14-15-18-21-19-16-17-20(2)22-21/h12-13,20-22H,3-11,14-19H2,1-2H3/t20-,21+/m0/s1. The molecule has 22 heavy (non-hydrogen) atoms. The van der Waals surface area contributed by atoms with Crippen LogP contribution in [0.3, 0.4) is 0 Å². The monoisotopic (exact) mass is 307 g/mol. The summed E-state index contributed by atoms with van der Waals surface area (Å²) in [5, 5.41) is 3.74. The molecule has 1 aliphatic heterocycles. The lowest BCUT2D eigenvalue weighted by molar-refractivity contribution is 0.318. The first-order valence-corrected chi connectivity index (χ1v) is 10.2. The molecular weight excluding hydrogens is 266 g/mol. The van der Waals surface area contributed by atoms with E-state index in [1.165, 1.54) is 96.3 Å². The van der Waals surface area contributed by atoms with Gasteiger partial charge in [0.1, 0.15) is 0 Å². The average Bonchev–Trinajstić information content (AvgIpc) is 2.52. The van der Waals surface area contributed by atoms with Crippen LogP contribution in [0.4, 0.5) is 0 Å². The van der Waals surface area contributed by atoms with Crippen molar-refractivity contribution in [1.29, 1.82) is 0 Å². The van der Waals surface area contributed by atoms with Crippen molar-refractivity contribution in [3.8, 4) is 0 Å². The van der Waals surface area contributed by atoms with Crippen LogP contribution >= 0.6 is 0 Å². The summed E-state index contributed by atoms with van der Waals surface area (Å²) in [4.78, 5) is 0. The highest BCUT2D eigenvalue weighted by Crippen LogP contribution is 2.17. The molecular formula is C21H41N. The second-order valence-electron chi connectivity index (χ2n) is 7.36. The van der Waals surface area contributed by atoms with Crippen LogP contribution in [0.5, 0.6) is 0 Å². The first-order chi connectivity index (χ1) is 10.8. The van der Waals surface area contributed by atoms with E-state index in [-0.39, 0.29) is 0 Å². The molecule has 1 N–H and O–H groups in total. The lowest BCUT2D eigenvalue weighted by atomic mass is 9.96. The predicted octanol–water partition coefficient (Wildman–Crippen LogP) is 6.77. The van der Waals surface area contributed by atoms with Crippen LogP contribution in [-0.4, -0.2) is 12.1 Å². The van der Waals surface area contributed by atoms with E-state index in [2.05, 4.69) is 31.3 Å². The maximum atomic E-state index is 3.74. The van der Waals surface area contributed by atoms with Gasteiger partial charge in [0.2, 0.25) is 0 Å². The number of unbranched alkanes of at least 4 members (excludes halogenated alkanes) is 9. The Balaban J connectivity index is 1.80. The van der Waals surface area contributed by atoms with E-state index in [1.807, 2.05) is 0 Å². The molecule has 0 saturated carbocycles. The number of nitrogens with one attached hydrogen (secondary N) is 1. The fraction of sp³-hybridized carbons (Fsp3) is 0.905. The van der Waals surface area contributed by atoms with Gasteiger partial charge in [0.15, 0.2) is 0 Å². The Kier molecular flexibility index (Phi) is 12.8. The maximum absolute atomic E-state index is 3.74. The summed E-state index contributed by atoms with van der Waals surface area (Å²) in [5.41, 5.74) is 0. The normalized spacial score (nSPS) is 22.5. The minimum Gasteiger partial charge on any atom is -0.312 e.